The minimum atomic E-state index is -6.36. The van der Waals surface area contributed by atoms with Crippen LogP contribution in [0.4, 0.5) is 30.7 Å². The Morgan fingerprint density at radius 3 is 2.12 bits per heavy atom. The molecular weight excluding hydrogens is 371 g/mol. The van der Waals surface area contributed by atoms with Crippen molar-refractivity contribution in [2.24, 2.45) is 0 Å². The standard InChI is InChI=1S/C16H12F7NS/c1-9-6-10(2)13(11-4-3-5-24-8-11)12(7-9)25-16(22,23)14(17,18)15(19,20)21/h3-8H,1-2H3. The number of halogens is 7. The minimum absolute atomic E-state index is 0.140. The van der Waals surface area contributed by atoms with Crippen molar-refractivity contribution in [3.05, 3.63) is 47.8 Å². The normalized spacial score (nSPS) is 13.2. The highest BCUT2D eigenvalue weighted by Crippen LogP contribution is 2.55. The number of rotatable bonds is 4. The fourth-order valence-electron chi connectivity index (χ4n) is 2.26. The van der Waals surface area contributed by atoms with E-state index in [2.05, 4.69) is 4.98 Å². The smallest absolute Gasteiger partial charge is 0.264 e. The van der Waals surface area contributed by atoms with Crippen molar-refractivity contribution in [2.75, 3.05) is 0 Å². The van der Waals surface area contributed by atoms with Gasteiger partial charge in [0.25, 0.3) is 0 Å². The van der Waals surface area contributed by atoms with Crippen LogP contribution in [0, 0.1) is 13.8 Å². The molecule has 0 atom stereocenters. The predicted octanol–water partition coefficient (Wildman–Crippen LogP) is 6.25. The molecule has 0 aliphatic rings. The average molecular weight is 383 g/mol. The third kappa shape index (κ3) is 3.75. The molecule has 1 aromatic carbocycles. The molecule has 0 aliphatic carbocycles. The summed E-state index contributed by atoms with van der Waals surface area (Å²) in [6, 6.07) is 5.78. The van der Waals surface area contributed by atoms with Gasteiger partial charge in [-0.05, 0) is 54.4 Å². The van der Waals surface area contributed by atoms with E-state index in [1.54, 1.807) is 13.0 Å². The predicted molar refractivity (Wildman–Crippen MR) is 81.0 cm³/mol. The van der Waals surface area contributed by atoms with Crippen LogP contribution in [0.1, 0.15) is 11.1 Å². The second-order valence-electron chi connectivity index (χ2n) is 5.39. The topological polar surface area (TPSA) is 12.9 Å². The summed E-state index contributed by atoms with van der Waals surface area (Å²) in [6.07, 6.45) is -3.62. The fourth-order valence-corrected chi connectivity index (χ4v) is 3.40. The Hall–Kier alpha value is -1.77. The molecule has 2 rings (SSSR count). The molecule has 0 aliphatic heterocycles. The highest BCUT2D eigenvalue weighted by Gasteiger charge is 2.73. The Morgan fingerprint density at radius 1 is 0.960 bits per heavy atom. The summed E-state index contributed by atoms with van der Waals surface area (Å²) in [5.41, 5.74) is 1.40. The first-order valence-electron chi connectivity index (χ1n) is 6.90. The van der Waals surface area contributed by atoms with E-state index in [9.17, 15) is 30.7 Å². The Balaban J connectivity index is 2.57. The SMILES string of the molecule is Cc1cc(C)c(-c2cccnc2)c(SC(F)(F)C(F)(F)C(F)(F)F)c1. The first-order chi connectivity index (χ1) is 11.4. The maximum absolute atomic E-state index is 13.8. The number of benzene rings is 1. The number of hydrogen-bond acceptors (Lipinski definition) is 2. The van der Waals surface area contributed by atoms with E-state index in [-0.39, 0.29) is 10.5 Å². The second-order valence-corrected chi connectivity index (χ2v) is 6.54. The van der Waals surface area contributed by atoms with Gasteiger partial charge in [-0.15, -0.1) is 0 Å². The number of pyridine rings is 1. The fraction of sp³-hybridized carbons (Fsp3) is 0.312. The highest BCUT2D eigenvalue weighted by molar-refractivity contribution is 8.00. The quantitative estimate of drug-likeness (QED) is 0.457. The average Bonchev–Trinajstić information content (AvgIpc) is 2.45. The molecule has 0 amide bonds. The van der Waals surface area contributed by atoms with E-state index in [0.717, 1.165) is 6.07 Å². The zero-order valence-corrected chi connectivity index (χ0v) is 13.8. The van der Waals surface area contributed by atoms with E-state index in [1.165, 1.54) is 31.5 Å². The molecule has 0 spiro atoms. The largest absolute Gasteiger partial charge is 0.460 e. The van der Waals surface area contributed by atoms with Crippen LogP contribution in [0.2, 0.25) is 0 Å². The van der Waals surface area contributed by atoms with Gasteiger partial charge in [0.2, 0.25) is 0 Å². The first-order valence-corrected chi connectivity index (χ1v) is 7.71. The summed E-state index contributed by atoms with van der Waals surface area (Å²) in [4.78, 5) is 3.45. The van der Waals surface area contributed by atoms with Crippen LogP contribution in [0.3, 0.4) is 0 Å². The molecule has 0 bridgehead atoms. The summed E-state index contributed by atoms with van der Waals surface area (Å²) >= 11 is -0.802. The van der Waals surface area contributed by atoms with Crippen molar-refractivity contribution in [1.29, 1.82) is 0 Å². The van der Waals surface area contributed by atoms with E-state index in [4.69, 9.17) is 0 Å². The number of thioether (sulfide) groups is 1. The molecule has 136 valence electrons. The van der Waals surface area contributed by atoms with Gasteiger partial charge >= 0.3 is 17.4 Å². The van der Waals surface area contributed by atoms with Crippen LogP contribution in [-0.4, -0.2) is 22.3 Å². The lowest BCUT2D eigenvalue weighted by Gasteiger charge is -2.28. The lowest BCUT2D eigenvalue weighted by molar-refractivity contribution is -0.330. The third-order valence-electron chi connectivity index (χ3n) is 3.35. The van der Waals surface area contributed by atoms with Crippen molar-refractivity contribution in [3.8, 4) is 11.1 Å². The monoisotopic (exact) mass is 383 g/mol. The van der Waals surface area contributed by atoms with E-state index >= 15 is 0 Å². The van der Waals surface area contributed by atoms with Gasteiger partial charge in [0, 0.05) is 22.9 Å². The Bertz CT molecular complexity index is 757. The molecule has 0 saturated carbocycles. The highest BCUT2D eigenvalue weighted by atomic mass is 32.2. The lowest BCUT2D eigenvalue weighted by atomic mass is 10.00. The Kier molecular flexibility index (Phi) is 5.09. The summed E-state index contributed by atoms with van der Waals surface area (Å²) in [6.45, 7) is 3.09. The summed E-state index contributed by atoms with van der Waals surface area (Å²) in [5.74, 6) is -6.17. The van der Waals surface area contributed by atoms with Crippen LogP contribution < -0.4 is 0 Å². The first kappa shape index (κ1) is 19.6. The number of alkyl halides is 7. The molecule has 25 heavy (non-hydrogen) atoms. The number of aryl methyl sites for hydroxylation is 2. The number of hydrogen-bond donors (Lipinski definition) is 0. The van der Waals surface area contributed by atoms with Gasteiger partial charge in [0.1, 0.15) is 0 Å². The molecule has 9 heteroatoms. The van der Waals surface area contributed by atoms with Crippen molar-refractivity contribution in [3.63, 3.8) is 0 Å². The molecule has 0 fully saturated rings. The van der Waals surface area contributed by atoms with Crippen molar-refractivity contribution in [1.82, 2.24) is 4.98 Å². The molecule has 0 N–H and O–H groups in total. The third-order valence-corrected chi connectivity index (χ3v) is 4.41. The molecule has 0 unspecified atom stereocenters. The molecule has 1 heterocycles. The Labute approximate surface area is 143 Å². The number of aromatic nitrogens is 1. The summed E-state index contributed by atoms with van der Waals surface area (Å²) in [7, 11) is 0. The van der Waals surface area contributed by atoms with Gasteiger partial charge in [0.15, 0.2) is 0 Å². The van der Waals surface area contributed by atoms with E-state index in [0.29, 0.717) is 16.7 Å². The zero-order chi connectivity index (χ0) is 19.0. The van der Waals surface area contributed by atoms with Crippen LogP contribution in [-0.2, 0) is 0 Å². The molecular formula is C16H12F7NS. The molecule has 1 nitrogen and oxygen atoms in total. The molecule has 0 radical (unpaired) electrons. The maximum Gasteiger partial charge on any atom is 0.460 e. The summed E-state index contributed by atoms with van der Waals surface area (Å²) < 4.78 is 91.2. The maximum atomic E-state index is 13.8. The second kappa shape index (κ2) is 6.51. The van der Waals surface area contributed by atoms with Gasteiger partial charge in [0.05, 0.1) is 0 Å². The van der Waals surface area contributed by atoms with E-state index < -0.39 is 29.1 Å². The zero-order valence-electron chi connectivity index (χ0n) is 13.0. The minimum Gasteiger partial charge on any atom is -0.264 e. The van der Waals surface area contributed by atoms with Gasteiger partial charge in [-0.2, -0.15) is 30.7 Å². The van der Waals surface area contributed by atoms with Crippen LogP contribution >= 0.6 is 11.8 Å². The van der Waals surface area contributed by atoms with Gasteiger partial charge in [-0.3, -0.25) is 4.98 Å². The van der Waals surface area contributed by atoms with Gasteiger partial charge in [-0.1, -0.05) is 12.1 Å². The number of nitrogens with zero attached hydrogens (tertiary/aromatic N) is 1. The van der Waals surface area contributed by atoms with Crippen molar-refractivity contribution in [2.45, 2.75) is 36.1 Å². The van der Waals surface area contributed by atoms with Crippen LogP contribution in [0.15, 0.2) is 41.6 Å². The molecule has 0 saturated heterocycles. The van der Waals surface area contributed by atoms with Gasteiger partial charge < -0.3 is 0 Å². The van der Waals surface area contributed by atoms with Crippen molar-refractivity contribution < 1.29 is 30.7 Å². The molecule has 2 aromatic rings. The lowest BCUT2D eigenvalue weighted by Crippen LogP contribution is -2.49. The van der Waals surface area contributed by atoms with Crippen LogP contribution in [0.25, 0.3) is 11.1 Å². The summed E-state index contributed by atoms with van der Waals surface area (Å²) in [5, 5.41) is -5.37. The van der Waals surface area contributed by atoms with Crippen LogP contribution in [0.5, 0.6) is 0 Å². The molecule has 1 aromatic heterocycles. The van der Waals surface area contributed by atoms with Gasteiger partial charge in [-0.25, -0.2) is 0 Å². The Morgan fingerprint density at radius 2 is 1.60 bits per heavy atom. The van der Waals surface area contributed by atoms with E-state index in [1.807, 2.05) is 0 Å². The van der Waals surface area contributed by atoms with Crippen molar-refractivity contribution >= 4 is 11.8 Å².